The van der Waals surface area contributed by atoms with E-state index in [1.807, 2.05) is 84.9 Å². The number of hydrogen-bond donors (Lipinski definition) is 1. The molecule has 0 atom stereocenters. The van der Waals surface area contributed by atoms with Gasteiger partial charge in [-0.2, -0.15) is 5.10 Å². The molecule has 6 heteroatoms. The van der Waals surface area contributed by atoms with Crippen LogP contribution >= 0.6 is 15.9 Å². The predicted molar refractivity (Wildman–Crippen MR) is 153 cm³/mol. The number of rotatable bonds is 7. The average molecular weight is 552 g/mol. The minimum Gasteiger partial charge on any atom is -0.488 e. The highest BCUT2D eigenvalue weighted by atomic mass is 79.9. The Kier molecular flexibility index (Phi) is 7.19. The first-order valence-electron chi connectivity index (χ1n) is 12.0. The summed E-state index contributed by atoms with van der Waals surface area (Å²) in [6, 6.07) is 31.7. The lowest BCUT2D eigenvalue weighted by molar-refractivity contribution is 0.0955. The zero-order valence-corrected chi connectivity index (χ0v) is 22.2. The summed E-state index contributed by atoms with van der Waals surface area (Å²) in [6.45, 7) is 4.54. The molecule has 0 aliphatic heterocycles. The largest absolute Gasteiger partial charge is 0.488 e. The molecule has 1 N–H and O–H groups in total. The number of carbonyl (C=O) groups excluding carboxylic acids is 1. The summed E-state index contributed by atoms with van der Waals surface area (Å²) in [6.07, 6.45) is 1.65. The summed E-state index contributed by atoms with van der Waals surface area (Å²) < 4.78 is 9.32. The van der Waals surface area contributed by atoms with Crippen LogP contribution < -0.4 is 10.2 Å². The number of ether oxygens (including phenoxy) is 1. The number of nitrogens with one attached hydrogen (secondary N) is 1. The molecule has 0 radical (unpaired) electrons. The van der Waals surface area contributed by atoms with Crippen molar-refractivity contribution in [2.45, 2.75) is 20.5 Å². The molecule has 0 spiro atoms. The van der Waals surface area contributed by atoms with Crippen LogP contribution in [0.25, 0.3) is 16.5 Å². The summed E-state index contributed by atoms with van der Waals surface area (Å²) in [5, 5.41) is 6.34. The second-order valence-corrected chi connectivity index (χ2v) is 9.73. The molecule has 0 unspecified atom stereocenters. The number of aromatic nitrogens is 1. The molecule has 5 rings (SSSR count). The topological polar surface area (TPSA) is 55.6 Å². The summed E-state index contributed by atoms with van der Waals surface area (Å²) in [5.41, 5.74) is 8.36. The van der Waals surface area contributed by atoms with E-state index in [2.05, 4.69) is 57.0 Å². The fourth-order valence-corrected chi connectivity index (χ4v) is 4.83. The van der Waals surface area contributed by atoms with Gasteiger partial charge in [0.05, 0.1) is 6.21 Å². The van der Waals surface area contributed by atoms with Crippen LogP contribution in [0.15, 0.2) is 107 Å². The van der Waals surface area contributed by atoms with Gasteiger partial charge in [0.25, 0.3) is 5.91 Å². The Balaban J connectivity index is 1.34. The van der Waals surface area contributed by atoms with Gasteiger partial charge in [-0.1, -0.05) is 58.4 Å². The number of amides is 1. The Bertz CT molecular complexity index is 1580. The molecule has 0 saturated carbocycles. The van der Waals surface area contributed by atoms with E-state index in [4.69, 9.17) is 4.74 Å². The van der Waals surface area contributed by atoms with Gasteiger partial charge in [0.2, 0.25) is 0 Å². The predicted octanol–water partition coefficient (Wildman–Crippen LogP) is 7.35. The molecule has 0 aliphatic rings. The van der Waals surface area contributed by atoms with Crippen LogP contribution in [0.4, 0.5) is 0 Å². The minimum atomic E-state index is -0.277. The number of carbonyl (C=O) groups is 1. The summed E-state index contributed by atoms with van der Waals surface area (Å²) >= 11 is 3.50. The highest BCUT2D eigenvalue weighted by Gasteiger charge is 2.10. The highest BCUT2D eigenvalue weighted by molar-refractivity contribution is 9.10. The first-order chi connectivity index (χ1) is 18.0. The Hall–Kier alpha value is -4.16. The number of hydrazone groups is 1. The standard InChI is InChI=1S/C31H26BrN3O2/c1-21-10-11-22(2)35(21)27-15-12-25(13-16-27)31(36)34-33-19-29-28-9-4-3-7-24(28)14-17-30(29)37-20-23-6-5-8-26(32)18-23/h3-19H,20H2,1-2H3,(H,34,36)/b33-19-. The van der Waals surface area contributed by atoms with E-state index >= 15 is 0 Å². The lowest BCUT2D eigenvalue weighted by atomic mass is 10.0. The van der Waals surface area contributed by atoms with Gasteiger partial charge < -0.3 is 9.30 Å². The molecule has 0 fully saturated rings. The lowest BCUT2D eigenvalue weighted by Crippen LogP contribution is -2.17. The molecule has 0 aliphatic carbocycles. The van der Waals surface area contributed by atoms with Crippen molar-refractivity contribution >= 4 is 38.8 Å². The molecule has 0 saturated heterocycles. The zero-order valence-electron chi connectivity index (χ0n) is 20.6. The quantitative estimate of drug-likeness (QED) is 0.170. The van der Waals surface area contributed by atoms with Crippen molar-refractivity contribution in [3.8, 4) is 11.4 Å². The normalized spacial score (nSPS) is 11.2. The monoisotopic (exact) mass is 551 g/mol. The van der Waals surface area contributed by atoms with Crippen LogP contribution in [-0.2, 0) is 6.61 Å². The first kappa shape index (κ1) is 24.5. The number of nitrogens with zero attached hydrogens (tertiary/aromatic N) is 2. The molecule has 37 heavy (non-hydrogen) atoms. The Morgan fingerprint density at radius 1 is 0.919 bits per heavy atom. The van der Waals surface area contributed by atoms with Crippen LogP contribution in [0.5, 0.6) is 5.75 Å². The molecular weight excluding hydrogens is 526 g/mol. The van der Waals surface area contributed by atoms with E-state index in [9.17, 15) is 4.79 Å². The second kappa shape index (κ2) is 10.8. The number of fused-ring (bicyclic) bond motifs is 1. The Labute approximate surface area is 224 Å². The van der Waals surface area contributed by atoms with Gasteiger partial charge >= 0.3 is 0 Å². The van der Waals surface area contributed by atoms with Crippen LogP contribution in [0.3, 0.4) is 0 Å². The van der Waals surface area contributed by atoms with E-state index in [1.165, 1.54) is 0 Å². The fourth-order valence-electron chi connectivity index (χ4n) is 4.38. The lowest BCUT2D eigenvalue weighted by Gasteiger charge is -2.12. The summed E-state index contributed by atoms with van der Waals surface area (Å²) in [5.74, 6) is 0.416. The van der Waals surface area contributed by atoms with Crippen LogP contribution in [0.1, 0.15) is 32.9 Å². The van der Waals surface area contributed by atoms with Crippen molar-refractivity contribution in [1.82, 2.24) is 9.99 Å². The van der Waals surface area contributed by atoms with E-state index < -0.39 is 0 Å². The molecule has 5 nitrogen and oxygen atoms in total. The molecule has 1 aromatic heterocycles. The molecule has 5 aromatic rings. The molecule has 1 amide bonds. The smallest absolute Gasteiger partial charge is 0.271 e. The van der Waals surface area contributed by atoms with Crippen molar-refractivity contribution in [3.63, 3.8) is 0 Å². The second-order valence-electron chi connectivity index (χ2n) is 8.81. The highest BCUT2D eigenvalue weighted by Crippen LogP contribution is 2.28. The SMILES string of the molecule is Cc1ccc(C)n1-c1ccc(C(=O)N/N=C\c2c(OCc3cccc(Br)c3)ccc3ccccc23)cc1. The Morgan fingerprint density at radius 3 is 2.43 bits per heavy atom. The number of halogens is 1. The van der Waals surface area contributed by atoms with Crippen molar-refractivity contribution in [1.29, 1.82) is 0 Å². The average Bonchev–Trinajstić information content (AvgIpc) is 3.25. The maximum absolute atomic E-state index is 12.8. The zero-order chi connectivity index (χ0) is 25.8. The van der Waals surface area contributed by atoms with Crippen LogP contribution in [0, 0.1) is 13.8 Å². The van der Waals surface area contributed by atoms with Gasteiger partial charge in [-0.15, -0.1) is 0 Å². The molecule has 1 heterocycles. The first-order valence-corrected chi connectivity index (χ1v) is 12.8. The summed E-state index contributed by atoms with van der Waals surface area (Å²) in [7, 11) is 0. The molecule has 0 bridgehead atoms. The third-order valence-corrected chi connectivity index (χ3v) is 6.73. The van der Waals surface area contributed by atoms with Crippen molar-refractivity contribution in [2.24, 2.45) is 5.10 Å². The number of aryl methyl sites for hydroxylation is 2. The molecular formula is C31H26BrN3O2. The maximum atomic E-state index is 12.8. The number of hydrogen-bond acceptors (Lipinski definition) is 3. The minimum absolute atomic E-state index is 0.277. The van der Waals surface area contributed by atoms with E-state index in [0.717, 1.165) is 43.4 Å². The third kappa shape index (κ3) is 5.49. The van der Waals surface area contributed by atoms with Crippen molar-refractivity contribution < 1.29 is 9.53 Å². The van der Waals surface area contributed by atoms with E-state index in [1.54, 1.807) is 6.21 Å². The van der Waals surface area contributed by atoms with E-state index in [-0.39, 0.29) is 5.91 Å². The molecule has 184 valence electrons. The van der Waals surface area contributed by atoms with Crippen LogP contribution in [-0.4, -0.2) is 16.7 Å². The number of benzene rings is 4. The van der Waals surface area contributed by atoms with Gasteiger partial charge in [-0.3, -0.25) is 4.79 Å². The molecule has 4 aromatic carbocycles. The third-order valence-electron chi connectivity index (χ3n) is 6.23. The van der Waals surface area contributed by atoms with Gasteiger partial charge in [-0.05, 0) is 84.8 Å². The fraction of sp³-hybridized carbons (Fsp3) is 0.0968. The van der Waals surface area contributed by atoms with Crippen molar-refractivity contribution in [2.75, 3.05) is 0 Å². The van der Waals surface area contributed by atoms with Gasteiger partial charge in [0.1, 0.15) is 12.4 Å². The van der Waals surface area contributed by atoms with Gasteiger partial charge in [-0.25, -0.2) is 5.43 Å². The summed E-state index contributed by atoms with van der Waals surface area (Å²) in [4.78, 5) is 12.8. The maximum Gasteiger partial charge on any atom is 0.271 e. The van der Waals surface area contributed by atoms with Gasteiger partial charge in [0.15, 0.2) is 0 Å². The van der Waals surface area contributed by atoms with Crippen LogP contribution in [0.2, 0.25) is 0 Å². The Morgan fingerprint density at radius 2 is 1.68 bits per heavy atom. The van der Waals surface area contributed by atoms with E-state index in [0.29, 0.717) is 17.9 Å². The van der Waals surface area contributed by atoms with Crippen molar-refractivity contribution in [3.05, 3.63) is 130 Å². The van der Waals surface area contributed by atoms with Gasteiger partial charge in [0, 0.05) is 32.7 Å².